The molecule has 0 aliphatic carbocycles. The van der Waals surface area contributed by atoms with Gasteiger partial charge in [0.1, 0.15) is 0 Å². The van der Waals surface area contributed by atoms with Gasteiger partial charge in [0, 0.05) is 26.2 Å². The van der Waals surface area contributed by atoms with Crippen LogP contribution in [0.1, 0.15) is 6.92 Å². The van der Waals surface area contributed by atoms with Crippen molar-refractivity contribution < 1.29 is 4.79 Å². The smallest absolute Gasteiger partial charge is 0.209 e. The molecule has 0 saturated carbocycles. The average molecular weight is 142 g/mol. The molecule has 1 amide bonds. The molecule has 0 aromatic heterocycles. The summed E-state index contributed by atoms with van der Waals surface area (Å²) in [5, 5.41) is 0. The zero-order valence-corrected chi connectivity index (χ0v) is 6.42. The quantitative estimate of drug-likeness (QED) is 0.498. The normalized spacial score (nSPS) is 21.1. The van der Waals surface area contributed by atoms with Gasteiger partial charge in [-0.05, 0) is 6.54 Å². The molecule has 0 atom stereocenters. The monoisotopic (exact) mass is 142 g/mol. The van der Waals surface area contributed by atoms with Crippen LogP contribution in [0.4, 0.5) is 0 Å². The topological polar surface area (TPSA) is 23.6 Å². The lowest BCUT2D eigenvalue weighted by Gasteiger charge is -2.31. The summed E-state index contributed by atoms with van der Waals surface area (Å²) in [6.45, 7) is 7.13. The Hall–Kier alpha value is -0.570. The molecule has 0 bridgehead atoms. The number of rotatable bonds is 2. The number of likely N-dealkylation sites (N-methyl/N-ethyl adjacent to an activating group) is 1. The van der Waals surface area contributed by atoms with Crippen molar-refractivity contribution in [2.24, 2.45) is 0 Å². The van der Waals surface area contributed by atoms with E-state index in [-0.39, 0.29) is 0 Å². The maximum atomic E-state index is 10.3. The lowest BCUT2D eigenvalue weighted by atomic mass is 10.3. The summed E-state index contributed by atoms with van der Waals surface area (Å²) in [5.74, 6) is 0. The Labute approximate surface area is 61.6 Å². The molecular weight excluding hydrogens is 128 g/mol. The van der Waals surface area contributed by atoms with Gasteiger partial charge in [-0.1, -0.05) is 6.92 Å². The van der Waals surface area contributed by atoms with Gasteiger partial charge in [0.15, 0.2) is 0 Å². The fourth-order valence-corrected chi connectivity index (χ4v) is 1.18. The Morgan fingerprint density at radius 2 is 1.90 bits per heavy atom. The van der Waals surface area contributed by atoms with E-state index in [0.29, 0.717) is 0 Å². The summed E-state index contributed by atoms with van der Waals surface area (Å²) < 4.78 is 0. The molecule has 0 radical (unpaired) electrons. The highest BCUT2D eigenvalue weighted by molar-refractivity contribution is 5.47. The number of hydrogen-bond donors (Lipinski definition) is 0. The summed E-state index contributed by atoms with van der Waals surface area (Å²) in [7, 11) is 0. The molecule has 1 saturated heterocycles. The van der Waals surface area contributed by atoms with Crippen LogP contribution in [0.15, 0.2) is 0 Å². The van der Waals surface area contributed by atoms with Crippen molar-refractivity contribution in [1.82, 2.24) is 9.80 Å². The van der Waals surface area contributed by atoms with Crippen LogP contribution in [-0.2, 0) is 4.79 Å². The van der Waals surface area contributed by atoms with E-state index in [1.54, 1.807) is 0 Å². The summed E-state index contributed by atoms with van der Waals surface area (Å²) in [6, 6.07) is 0. The summed E-state index contributed by atoms with van der Waals surface area (Å²) in [6.07, 6.45) is 0.938. The first-order valence-corrected chi connectivity index (χ1v) is 3.78. The number of carbonyl (C=O) groups excluding carboxylic acids is 1. The summed E-state index contributed by atoms with van der Waals surface area (Å²) >= 11 is 0. The van der Waals surface area contributed by atoms with Crippen LogP contribution in [0.5, 0.6) is 0 Å². The van der Waals surface area contributed by atoms with Crippen LogP contribution in [-0.4, -0.2) is 48.9 Å². The van der Waals surface area contributed by atoms with Crippen LogP contribution in [0.2, 0.25) is 0 Å². The largest absolute Gasteiger partial charge is 0.343 e. The Balaban J connectivity index is 2.23. The van der Waals surface area contributed by atoms with Gasteiger partial charge in [-0.15, -0.1) is 0 Å². The lowest BCUT2D eigenvalue weighted by molar-refractivity contribution is -0.119. The molecule has 3 nitrogen and oxygen atoms in total. The van der Waals surface area contributed by atoms with Gasteiger partial charge in [-0.25, -0.2) is 0 Å². The third-order valence-corrected chi connectivity index (χ3v) is 2.00. The van der Waals surface area contributed by atoms with E-state index in [1.165, 1.54) is 0 Å². The highest BCUT2D eigenvalue weighted by atomic mass is 16.1. The number of amides is 1. The van der Waals surface area contributed by atoms with Crippen LogP contribution in [0.25, 0.3) is 0 Å². The molecular formula is C7H14N2O. The van der Waals surface area contributed by atoms with E-state index in [9.17, 15) is 4.79 Å². The van der Waals surface area contributed by atoms with Crippen LogP contribution < -0.4 is 0 Å². The number of piperazine rings is 1. The molecule has 1 fully saturated rings. The molecule has 58 valence electrons. The number of nitrogens with zero attached hydrogens (tertiary/aromatic N) is 2. The third-order valence-electron chi connectivity index (χ3n) is 2.00. The predicted octanol–water partition coefficient (Wildman–Crippen LogP) is -0.220. The van der Waals surface area contributed by atoms with Crippen molar-refractivity contribution in [2.45, 2.75) is 6.92 Å². The molecule has 0 N–H and O–H groups in total. The van der Waals surface area contributed by atoms with E-state index in [0.717, 1.165) is 39.1 Å². The Kier molecular flexibility index (Phi) is 2.68. The Morgan fingerprint density at radius 3 is 2.30 bits per heavy atom. The predicted molar refractivity (Wildman–Crippen MR) is 39.8 cm³/mol. The molecule has 1 aliphatic rings. The maximum Gasteiger partial charge on any atom is 0.209 e. The fraction of sp³-hybridized carbons (Fsp3) is 0.857. The molecule has 1 aliphatic heterocycles. The van der Waals surface area contributed by atoms with Gasteiger partial charge in [-0.3, -0.25) is 4.79 Å². The molecule has 3 heteroatoms. The van der Waals surface area contributed by atoms with Crippen LogP contribution in [0.3, 0.4) is 0 Å². The van der Waals surface area contributed by atoms with Gasteiger partial charge in [-0.2, -0.15) is 0 Å². The third kappa shape index (κ3) is 1.70. The van der Waals surface area contributed by atoms with Crippen molar-refractivity contribution in [3.05, 3.63) is 0 Å². The van der Waals surface area contributed by atoms with Crippen LogP contribution in [0, 0.1) is 0 Å². The number of carbonyl (C=O) groups is 1. The minimum Gasteiger partial charge on any atom is -0.343 e. The Morgan fingerprint density at radius 1 is 1.30 bits per heavy atom. The Bertz CT molecular complexity index is 108. The van der Waals surface area contributed by atoms with E-state index >= 15 is 0 Å². The lowest BCUT2D eigenvalue weighted by Crippen LogP contribution is -2.45. The van der Waals surface area contributed by atoms with Crippen LogP contribution >= 0.6 is 0 Å². The zero-order chi connectivity index (χ0) is 7.40. The van der Waals surface area contributed by atoms with E-state index in [2.05, 4.69) is 11.8 Å². The second-order valence-electron chi connectivity index (χ2n) is 2.58. The zero-order valence-electron chi connectivity index (χ0n) is 6.42. The molecule has 0 unspecified atom stereocenters. The molecule has 10 heavy (non-hydrogen) atoms. The highest BCUT2D eigenvalue weighted by Gasteiger charge is 2.12. The number of hydrogen-bond acceptors (Lipinski definition) is 2. The molecule has 0 spiro atoms. The van der Waals surface area contributed by atoms with E-state index in [1.807, 2.05) is 4.90 Å². The molecule has 1 rings (SSSR count). The van der Waals surface area contributed by atoms with Gasteiger partial charge in [0.2, 0.25) is 6.41 Å². The van der Waals surface area contributed by atoms with Crippen molar-refractivity contribution in [3.8, 4) is 0 Å². The van der Waals surface area contributed by atoms with E-state index in [4.69, 9.17) is 0 Å². The maximum absolute atomic E-state index is 10.3. The van der Waals surface area contributed by atoms with Gasteiger partial charge in [0.05, 0.1) is 0 Å². The first-order valence-electron chi connectivity index (χ1n) is 3.78. The van der Waals surface area contributed by atoms with Crippen molar-refractivity contribution in [2.75, 3.05) is 32.7 Å². The van der Waals surface area contributed by atoms with Gasteiger partial charge < -0.3 is 9.80 Å². The molecule has 1 heterocycles. The second kappa shape index (κ2) is 3.56. The van der Waals surface area contributed by atoms with E-state index < -0.39 is 0 Å². The fourth-order valence-electron chi connectivity index (χ4n) is 1.18. The second-order valence-corrected chi connectivity index (χ2v) is 2.58. The first kappa shape index (κ1) is 7.54. The molecule has 0 aromatic carbocycles. The van der Waals surface area contributed by atoms with Gasteiger partial charge >= 0.3 is 0 Å². The van der Waals surface area contributed by atoms with Crippen molar-refractivity contribution in [1.29, 1.82) is 0 Å². The van der Waals surface area contributed by atoms with Gasteiger partial charge in [0.25, 0.3) is 0 Å². The summed E-state index contributed by atoms with van der Waals surface area (Å²) in [5.41, 5.74) is 0. The van der Waals surface area contributed by atoms with Crippen molar-refractivity contribution >= 4 is 6.41 Å². The minimum absolute atomic E-state index is 0.900. The standard InChI is InChI=1S/C7H14N2O/c1-2-8-3-5-9(7-10)6-4-8/h7H,2-6H2,1H3. The molecule has 0 aromatic rings. The SMILES string of the molecule is CCN1CCN(C=O)CC1. The average Bonchev–Trinajstić information content (AvgIpc) is 2.05. The summed E-state index contributed by atoms with van der Waals surface area (Å²) in [4.78, 5) is 14.4. The first-order chi connectivity index (χ1) is 4.86. The minimum atomic E-state index is 0.900. The highest BCUT2D eigenvalue weighted by Crippen LogP contribution is 1.97. The van der Waals surface area contributed by atoms with Crippen molar-refractivity contribution in [3.63, 3.8) is 0 Å².